The smallest absolute Gasteiger partial charge is 0.303 e. The lowest BCUT2D eigenvalue weighted by Crippen LogP contribution is -2.19. The number of hydrogen-bond acceptors (Lipinski definition) is 3. The van der Waals surface area contributed by atoms with Gasteiger partial charge < -0.3 is 14.6 Å². The molecule has 5 heteroatoms. The molecular formula is C10H9ClO4. The van der Waals surface area contributed by atoms with Gasteiger partial charge in [-0.25, -0.2) is 0 Å². The first-order valence-electron chi connectivity index (χ1n) is 4.50. The lowest BCUT2D eigenvalue weighted by Gasteiger charge is -2.07. The molecule has 80 valence electrons. The first kappa shape index (κ1) is 10.1. The van der Waals surface area contributed by atoms with E-state index in [0.29, 0.717) is 22.9 Å². The van der Waals surface area contributed by atoms with Gasteiger partial charge in [0.05, 0.1) is 6.42 Å². The van der Waals surface area contributed by atoms with Crippen molar-refractivity contribution >= 4 is 17.6 Å². The molecule has 0 radical (unpaired) electrons. The van der Waals surface area contributed by atoms with Crippen molar-refractivity contribution in [1.82, 2.24) is 0 Å². The standard InChI is InChI=1S/C10H9ClO4/c11-6-1-2-7-8(5-6)15-10(14-7)4-3-9(12)13/h1-2,5,10H,3-4H2,(H,12,13). The van der Waals surface area contributed by atoms with Crippen LogP contribution in [0.5, 0.6) is 11.5 Å². The molecule has 1 aliphatic rings. The summed E-state index contributed by atoms with van der Waals surface area (Å²) in [5.74, 6) is 0.309. The van der Waals surface area contributed by atoms with E-state index in [4.69, 9.17) is 26.2 Å². The third-order valence-corrected chi connectivity index (χ3v) is 2.25. The Hall–Kier alpha value is -1.42. The fourth-order valence-electron chi connectivity index (χ4n) is 1.34. The molecule has 1 unspecified atom stereocenters. The fraction of sp³-hybridized carbons (Fsp3) is 0.300. The van der Waals surface area contributed by atoms with Crippen LogP contribution in [-0.2, 0) is 4.79 Å². The average molecular weight is 229 g/mol. The van der Waals surface area contributed by atoms with E-state index in [1.54, 1.807) is 18.2 Å². The summed E-state index contributed by atoms with van der Waals surface area (Å²) in [5.41, 5.74) is 0. The molecule has 1 aliphatic heterocycles. The summed E-state index contributed by atoms with van der Waals surface area (Å²) >= 11 is 5.77. The second kappa shape index (κ2) is 3.98. The Kier molecular flexibility index (Phi) is 2.68. The molecule has 1 heterocycles. The SMILES string of the molecule is O=C(O)CCC1Oc2ccc(Cl)cc2O1. The normalized spacial score (nSPS) is 17.8. The molecule has 2 rings (SSSR count). The number of ether oxygens (including phenoxy) is 2. The molecule has 1 N–H and O–H groups in total. The van der Waals surface area contributed by atoms with Gasteiger partial charge in [-0.2, -0.15) is 0 Å². The van der Waals surface area contributed by atoms with Gasteiger partial charge in [-0.1, -0.05) is 11.6 Å². The maximum Gasteiger partial charge on any atom is 0.303 e. The van der Waals surface area contributed by atoms with Gasteiger partial charge in [0.15, 0.2) is 11.5 Å². The molecule has 0 fully saturated rings. The average Bonchev–Trinajstić information content (AvgIpc) is 2.56. The van der Waals surface area contributed by atoms with Gasteiger partial charge in [0, 0.05) is 17.5 Å². The van der Waals surface area contributed by atoms with E-state index in [-0.39, 0.29) is 6.42 Å². The van der Waals surface area contributed by atoms with Crippen LogP contribution >= 0.6 is 11.6 Å². The topological polar surface area (TPSA) is 55.8 Å². The zero-order valence-electron chi connectivity index (χ0n) is 7.77. The second-order valence-electron chi connectivity index (χ2n) is 3.19. The molecule has 0 bridgehead atoms. The number of carbonyl (C=O) groups is 1. The fourth-order valence-corrected chi connectivity index (χ4v) is 1.50. The number of benzene rings is 1. The Morgan fingerprint density at radius 2 is 2.13 bits per heavy atom. The van der Waals surface area contributed by atoms with Crippen molar-refractivity contribution < 1.29 is 19.4 Å². The van der Waals surface area contributed by atoms with Crippen LogP contribution in [-0.4, -0.2) is 17.4 Å². The molecule has 0 amide bonds. The lowest BCUT2D eigenvalue weighted by atomic mass is 10.3. The van der Waals surface area contributed by atoms with Crippen LogP contribution in [0.4, 0.5) is 0 Å². The van der Waals surface area contributed by atoms with Gasteiger partial charge in [-0.15, -0.1) is 0 Å². The molecule has 0 saturated heterocycles. The largest absolute Gasteiger partial charge is 0.481 e. The summed E-state index contributed by atoms with van der Waals surface area (Å²) in [7, 11) is 0. The van der Waals surface area contributed by atoms with E-state index in [1.165, 1.54) is 0 Å². The van der Waals surface area contributed by atoms with Crippen LogP contribution in [0, 0.1) is 0 Å². The van der Waals surface area contributed by atoms with Crippen molar-refractivity contribution in [1.29, 1.82) is 0 Å². The first-order chi connectivity index (χ1) is 7.15. The van der Waals surface area contributed by atoms with Crippen molar-refractivity contribution in [2.24, 2.45) is 0 Å². The Bertz CT molecular complexity index is 391. The molecule has 0 saturated carbocycles. The minimum absolute atomic E-state index is 0.0202. The van der Waals surface area contributed by atoms with Gasteiger partial charge in [0.2, 0.25) is 6.29 Å². The van der Waals surface area contributed by atoms with Crippen LogP contribution < -0.4 is 9.47 Å². The van der Waals surface area contributed by atoms with Gasteiger partial charge in [-0.3, -0.25) is 4.79 Å². The Labute approximate surface area is 91.4 Å². The van der Waals surface area contributed by atoms with Crippen molar-refractivity contribution in [3.05, 3.63) is 23.2 Å². The van der Waals surface area contributed by atoms with Crippen LogP contribution in [0.15, 0.2) is 18.2 Å². The number of halogens is 1. The minimum atomic E-state index is -0.865. The molecule has 1 atom stereocenters. The van der Waals surface area contributed by atoms with E-state index in [2.05, 4.69) is 0 Å². The summed E-state index contributed by atoms with van der Waals surface area (Å²) in [4.78, 5) is 10.4. The lowest BCUT2D eigenvalue weighted by molar-refractivity contribution is -0.138. The summed E-state index contributed by atoms with van der Waals surface area (Å²) in [6.07, 6.45) is -0.178. The Balaban J connectivity index is 2.00. The van der Waals surface area contributed by atoms with Crippen LogP contribution in [0.25, 0.3) is 0 Å². The van der Waals surface area contributed by atoms with Gasteiger partial charge >= 0.3 is 5.97 Å². The number of carboxylic acid groups (broad SMARTS) is 1. The highest BCUT2D eigenvalue weighted by molar-refractivity contribution is 6.30. The highest BCUT2D eigenvalue weighted by atomic mass is 35.5. The van der Waals surface area contributed by atoms with Crippen LogP contribution in [0.1, 0.15) is 12.8 Å². The van der Waals surface area contributed by atoms with E-state index < -0.39 is 12.3 Å². The van der Waals surface area contributed by atoms with E-state index in [9.17, 15) is 4.79 Å². The van der Waals surface area contributed by atoms with Gasteiger partial charge in [-0.05, 0) is 12.1 Å². The molecule has 1 aromatic carbocycles. The molecule has 4 nitrogen and oxygen atoms in total. The maximum absolute atomic E-state index is 10.4. The molecule has 0 aliphatic carbocycles. The van der Waals surface area contributed by atoms with E-state index >= 15 is 0 Å². The highest BCUT2D eigenvalue weighted by Crippen LogP contribution is 2.37. The van der Waals surface area contributed by atoms with Gasteiger partial charge in [0.1, 0.15) is 0 Å². The number of rotatable bonds is 3. The summed E-state index contributed by atoms with van der Waals surface area (Å²) < 4.78 is 10.7. The number of aliphatic carboxylic acids is 1. The van der Waals surface area contributed by atoms with Gasteiger partial charge in [0.25, 0.3) is 0 Å². The van der Waals surface area contributed by atoms with E-state index in [1.807, 2.05) is 0 Å². The quantitative estimate of drug-likeness (QED) is 0.863. The molecule has 15 heavy (non-hydrogen) atoms. The van der Waals surface area contributed by atoms with Crippen molar-refractivity contribution in [2.45, 2.75) is 19.1 Å². The monoisotopic (exact) mass is 228 g/mol. The number of hydrogen-bond donors (Lipinski definition) is 1. The molecule has 0 spiro atoms. The summed E-state index contributed by atoms with van der Waals surface area (Å²) in [6.45, 7) is 0. The highest BCUT2D eigenvalue weighted by Gasteiger charge is 2.24. The van der Waals surface area contributed by atoms with Crippen LogP contribution in [0.2, 0.25) is 5.02 Å². The van der Waals surface area contributed by atoms with Crippen molar-refractivity contribution in [3.8, 4) is 11.5 Å². The summed E-state index contributed by atoms with van der Waals surface area (Å²) in [6, 6.07) is 5.05. The van der Waals surface area contributed by atoms with Crippen molar-refractivity contribution in [3.63, 3.8) is 0 Å². The molecule has 0 aromatic heterocycles. The second-order valence-corrected chi connectivity index (χ2v) is 3.63. The number of carboxylic acids is 1. The van der Waals surface area contributed by atoms with Crippen LogP contribution in [0.3, 0.4) is 0 Å². The molecule has 1 aromatic rings. The number of fused-ring (bicyclic) bond motifs is 1. The van der Waals surface area contributed by atoms with E-state index in [0.717, 1.165) is 0 Å². The predicted molar refractivity (Wildman–Crippen MR) is 53.4 cm³/mol. The Morgan fingerprint density at radius 3 is 2.87 bits per heavy atom. The predicted octanol–water partition coefficient (Wildman–Crippen LogP) is 2.30. The maximum atomic E-state index is 10.4. The minimum Gasteiger partial charge on any atom is -0.481 e. The zero-order valence-corrected chi connectivity index (χ0v) is 8.53. The Morgan fingerprint density at radius 1 is 1.40 bits per heavy atom. The van der Waals surface area contributed by atoms with Crippen molar-refractivity contribution in [2.75, 3.05) is 0 Å². The zero-order chi connectivity index (χ0) is 10.8. The first-order valence-corrected chi connectivity index (χ1v) is 4.87. The third-order valence-electron chi connectivity index (χ3n) is 2.02. The third kappa shape index (κ3) is 2.33. The molecular weight excluding hydrogens is 220 g/mol. The summed E-state index contributed by atoms with van der Waals surface area (Å²) in [5, 5.41) is 9.07.